The van der Waals surface area contributed by atoms with Gasteiger partial charge in [-0.3, -0.25) is 14.2 Å². The lowest BCUT2D eigenvalue weighted by Crippen LogP contribution is -2.40. The van der Waals surface area contributed by atoms with Crippen molar-refractivity contribution in [2.75, 3.05) is 5.75 Å². The molecule has 1 aromatic heterocycles. The lowest BCUT2D eigenvalue weighted by molar-refractivity contribution is 0.0693. The highest BCUT2D eigenvalue weighted by atomic mass is 32.2. The van der Waals surface area contributed by atoms with Crippen molar-refractivity contribution >= 4 is 28.2 Å². The van der Waals surface area contributed by atoms with Crippen molar-refractivity contribution in [1.29, 1.82) is 0 Å². The Bertz CT molecular complexity index is 1420. The highest BCUT2D eigenvalue weighted by molar-refractivity contribution is 8.14. The van der Waals surface area contributed by atoms with Crippen LogP contribution >= 0.6 is 10.5 Å². The fraction of sp³-hybridized carbons (Fsp3) is 0.269. The third-order valence-electron chi connectivity index (χ3n) is 6.13. The summed E-state index contributed by atoms with van der Waals surface area (Å²) in [4.78, 5) is 42.9. The van der Waals surface area contributed by atoms with Crippen molar-refractivity contribution < 1.29 is 23.8 Å². The molecule has 0 aliphatic carbocycles. The van der Waals surface area contributed by atoms with Gasteiger partial charge >= 0.3 is 5.97 Å². The van der Waals surface area contributed by atoms with Crippen molar-refractivity contribution in [3.63, 3.8) is 0 Å². The molecule has 1 atom stereocenters. The molecule has 2 N–H and O–H groups in total. The van der Waals surface area contributed by atoms with Gasteiger partial charge in [0.2, 0.25) is 5.75 Å². The Hall–Kier alpha value is -3.79. The molecule has 0 bridgehead atoms. The molecule has 36 heavy (non-hydrogen) atoms. The SMILES string of the molecule is C=S1CCn2c(nc(C(=O)NCc3ccc(F)cc3C(=O)O)c(OCc3ccccc3)c2=O)C1(C)C. The van der Waals surface area contributed by atoms with E-state index in [0.717, 1.165) is 17.7 Å². The number of carboxylic acids is 1. The first-order valence-electron chi connectivity index (χ1n) is 11.2. The van der Waals surface area contributed by atoms with E-state index in [4.69, 9.17) is 4.74 Å². The molecule has 1 aliphatic heterocycles. The largest absolute Gasteiger partial charge is 0.481 e. The number of hydrogen-bond acceptors (Lipinski definition) is 5. The third-order valence-corrected chi connectivity index (χ3v) is 8.43. The van der Waals surface area contributed by atoms with Gasteiger partial charge in [-0.1, -0.05) is 42.3 Å². The number of rotatable bonds is 7. The van der Waals surface area contributed by atoms with E-state index in [1.165, 1.54) is 10.6 Å². The number of benzene rings is 2. The minimum absolute atomic E-state index is 0.0572. The van der Waals surface area contributed by atoms with Gasteiger partial charge in [0.25, 0.3) is 11.5 Å². The van der Waals surface area contributed by atoms with E-state index in [2.05, 4.69) is 16.2 Å². The van der Waals surface area contributed by atoms with Gasteiger partial charge in [0.05, 0.1) is 10.3 Å². The van der Waals surface area contributed by atoms with Gasteiger partial charge in [-0.15, -0.1) is 0 Å². The molecule has 10 heteroatoms. The number of nitrogens with zero attached hydrogens (tertiary/aromatic N) is 2. The third kappa shape index (κ3) is 4.94. The normalized spacial score (nSPS) is 16.1. The number of aromatic carboxylic acids is 1. The second kappa shape index (κ2) is 10.1. The number of carboxylic acid groups (broad SMARTS) is 1. The number of carbonyl (C=O) groups excluding carboxylic acids is 1. The number of carbonyl (C=O) groups is 2. The Morgan fingerprint density at radius 3 is 2.67 bits per heavy atom. The summed E-state index contributed by atoms with van der Waals surface area (Å²) in [6.07, 6.45) is 0. The molecule has 1 aliphatic rings. The first kappa shape index (κ1) is 25.3. The molecule has 1 unspecified atom stereocenters. The van der Waals surface area contributed by atoms with E-state index >= 15 is 0 Å². The van der Waals surface area contributed by atoms with Crippen LogP contribution in [0.25, 0.3) is 0 Å². The summed E-state index contributed by atoms with van der Waals surface area (Å²) in [6, 6.07) is 12.5. The molecule has 4 rings (SSSR count). The van der Waals surface area contributed by atoms with Gasteiger partial charge in [-0.2, -0.15) is 10.5 Å². The first-order chi connectivity index (χ1) is 17.1. The van der Waals surface area contributed by atoms with Crippen molar-refractivity contribution in [1.82, 2.24) is 14.9 Å². The molecule has 0 fully saturated rings. The van der Waals surface area contributed by atoms with E-state index in [9.17, 15) is 23.9 Å². The van der Waals surface area contributed by atoms with Gasteiger partial charge < -0.3 is 15.2 Å². The molecule has 1 amide bonds. The Labute approximate surface area is 209 Å². The zero-order chi connectivity index (χ0) is 26.0. The highest BCUT2D eigenvalue weighted by Crippen LogP contribution is 2.42. The number of halogens is 1. The molecule has 0 saturated carbocycles. The maximum atomic E-state index is 13.5. The predicted octanol–water partition coefficient (Wildman–Crippen LogP) is 3.54. The Morgan fingerprint density at radius 1 is 1.25 bits per heavy atom. The van der Waals surface area contributed by atoms with Gasteiger partial charge in [0.1, 0.15) is 18.2 Å². The number of hydrogen-bond donors (Lipinski definition) is 2. The lowest BCUT2D eigenvalue weighted by Gasteiger charge is -2.35. The van der Waals surface area contributed by atoms with E-state index in [0.29, 0.717) is 18.1 Å². The van der Waals surface area contributed by atoms with Crippen LogP contribution in [0.1, 0.15) is 51.6 Å². The minimum Gasteiger partial charge on any atom is -0.481 e. The average Bonchev–Trinajstić information content (AvgIpc) is 2.85. The summed E-state index contributed by atoms with van der Waals surface area (Å²) in [7, 11) is -0.321. The summed E-state index contributed by atoms with van der Waals surface area (Å²) in [6.45, 7) is 4.14. The van der Waals surface area contributed by atoms with Crippen LogP contribution in [-0.2, 0) is 24.4 Å². The highest BCUT2D eigenvalue weighted by Gasteiger charge is 2.36. The Balaban J connectivity index is 1.72. The van der Waals surface area contributed by atoms with Gasteiger partial charge in [0, 0.05) is 18.8 Å². The zero-order valence-electron chi connectivity index (χ0n) is 19.9. The molecule has 2 aromatic carbocycles. The monoisotopic (exact) mass is 511 g/mol. The maximum Gasteiger partial charge on any atom is 0.336 e. The van der Waals surface area contributed by atoms with Gasteiger partial charge in [-0.05, 0) is 37.1 Å². The molecule has 0 saturated heterocycles. The van der Waals surface area contributed by atoms with Crippen molar-refractivity contribution in [3.8, 4) is 5.75 Å². The average molecular weight is 512 g/mol. The van der Waals surface area contributed by atoms with Crippen LogP contribution in [0.15, 0.2) is 53.3 Å². The molecule has 8 nitrogen and oxygen atoms in total. The van der Waals surface area contributed by atoms with Crippen LogP contribution < -0.4 is 15.6 Å². The molecular weight excluding hydrogens is 485 g/mol. The summed E-state index contributed by atoms with van der Waals surface area (Å²) < 4.78 is 20.4. The summed E-state index contributed by atoms with van der Waals surface area (Å²) in [5, 5.41) is 12.0. The fourth-order valence-corrected chi connectivity index (χ4v) is 5.29. The second-order valence-electron chi connectivity index (χ2n) is 8.84. The van der Waals surface area contributed by atoms with Gasteiger partial charge in [-0.25, -0.2) is 14.2 Å². The van der Waals surface area contributed by atoms with Crippen molar-refractivity contribution in [2.45, 2.75) is 38.3 Å². The first-order valence-corrected chi connectivity index (χ1v) is 12.8. The fourth-order valence-electron chi connectivity index (χ4n) is 3.96. The standard InChI is InChI=1S/C26H26FN3O5S/c1-26(2)25-29-20(22(31)28-14-17-9-10-18(27)13-19(17)24(33)34)21(23(32)30(25)11-12-36(26)3)35-15-16-7-5-4-6-8-16/h4-10,13H,3,11-12,14-15H2,1-2H3,(H,28,31)(H,33,34). The van der Waals surface area contributed by atoms with Crippen LogP contribution in [0, 0.1) is 5.82 Å². The number of amides is 1. The van der Waals surface area contributed by atoms with E-state index in [-0.39, 0.29) is 46.2 Å². The van der Waals surface area contributed by atoms with Crippen LogP contribution in [0.5, 0.6) is 5.75 Å². The van der Waals surface area contributed by atoms with Crippen molar-refractivity contribution in [3.05, 3.63) is 92.9 Å². The smallest absolute Gasteiger partial charge is 0.336 e. The molecule has 0 spiro atoms. The summed E-state index contributed by atoms with van der Waals surface area (Å²) >= 11 is 0. The van der Waals surface area contributed by atoms with Crippen LogP contribution in [0.3, 0.4) is 0 Å². The van der Waals surface area contributed by atoms with Gasteiger partial charge in [0.15, 0.2) is 5.69 Å². The van der Waals surface area contributed by atoms with E-state index in [1.54, 1.807) is 0 Å². The molecule has 188 valence electrons. The Morgan fingerprint density at radius 2 is 1.97 bits per heavy atom. The topological polar surface area (TPSA) is 111 Å². The second-order valence-corrected chi connectivity index (χ2v) is 11.3. The molecular formula is C26H26FN3O5S. The van der Waals surface area contributed by atoms with Crippen LogP contribution in [0.2, 0.25) is 0 Å². The maximum absolute atomic E-state index is 13.5. The molecule has 2 heterocycles. The zero-order valence-corrected chi connectivity index (χ0v) is 20.7. The lowest BCUT2D eigenvalue weighted by atomic mass is 10.1. The predicted molar refractivity (Wildman–Crippen MR) is 136 cm³/mol. The quantitative estimate of drug-likeness (QED) is 0.470. The Kier molecular flexibility index (Phi) is 7.07. The minimum atomic E-state index is -1.32. The van der Waals surface area contributed by atoms with Crippen LogP contribution in [0.4, 0.5) is 4.39 Å². The number of nitrogens with one attached hydrogen (secondary N) is 1. The molecule has 3 aromatic rings. The summed E-state index contributed by atoms with van der Waals surface area (Å²) in [5.41, 5.74) is 0.102. The number of aromatic nitrogens is 2. The van der Waals surface area contributed by atoms with E-state index < -0.39 is 28.0 Å². The van der Waals surface area contributed by atoms with E-state index in [1.807, 2.05) is 44.2 Å². The van der Waals surface area contributed by atoms with Crippen molar-refractivity contribution in [2.24, 2.45) is 0 Å². The summed E-state index contributed by atoms with van der Waals surface area (Å²) in [5.74, 6) is 2.46. The number of fused-ring (bicyclic) bond motifs is 1. The molecule has 0 radical (unpaired) electrons. The number of ether oxygens (including phenoxy) is 1. The van der Waals surface area contributed by atoms with Crippen LogP contribution in [-0.4, -0.2) is 38.2 Å².